The molecule has 6 nitrogen and oxygen atoms in total. The van der Waals surface area contributed by atoms with Crippen LogP contribution in [-0.2, 0) is 0 Å². The summed E-state index contributed by atoms with van der Waals surface area (Å²) in [6.45, 7) is 0. The van der Waals surface area contributed by atoms with E-state index in [1.54, 1.807) is 36.4 Å². The summed E-state index contributed by atoms with van der Waals surface area (Å²) >= 11 is 5.82. The molecule has 104 valence electrons. The number of fused-ring (bicyclic) bond motifs is 1. The number of nitrogens with zero attached hydrogens (tertiary/aromatic N) is 3. The fourth-order valence-electron chi connectivity index (χ4n) is 2.02. The molecule has 0 saturated heterocycles. The van der Waals surface area contributed by atoms with E-state index in [2.05, 4.69) is 10.1 Å². The molecule has 0 atom stereocenters. The van der Waals surface area contributed by atoms with Crippen molar-refractivity contribution in [1.82, 2.24) is 10.1 Å². The van der Waals surface area contributed by atoms with Crippen molar-refractivity contribution in [2.75, 3.05) is 0 Å². The smallest absolute Gasteiger partial charge is 0.283 e. The van der Waals surface area contributed by atoms with E-state index < -0.39 is 5.91 Å². The van der Waals surface area contributed by atoms with Gasteiger partial charge in [0.1, 0.15) is 11.1 Å². The fraction of sp³-hybridized carbons (Fsp3) is 0. The van der Waals surface area contributed by atoms with Gasteiger partial charge in [-0.2, -0.15) is 0 Å². The summed E-state index contributed by atoms with van der Waals surface area (Å²) in [5.41, 5.74) is 6.40. The maximum Gasteiger partial charge on any atom is 0.283 e. The maximum absolute atomic E-state index is 12.1. The highest BCUT2D eigenvalue weighted by atomic mass is 35.5. The van der Waals surface area contributed by atoms with Crippen LogP contribution in [0.25, 0.3) is 22.4 Å². The highest BCUT2D eigenvalue weighted by molar-refractivity contribution is 6.30. The molecule has 0 aliphatic heterocycles. The largest absolute Gasteiger partial charge is 0.594 e. The van der Waals surface area contributed by atoms with Gasteiger partial charge in [-0.05, 0) is 41.2 Å². The summed E-state index contributed by atoms with van der Waals surface area (Å²) in [4.78, 5) is 16.0. The van der Waals surface area contributed by atoms with Crippen molar-refractivity contribution in [3.05, 3.63) is 58.3 Å². The van der Waals surface area contributed by atoms with Crippen LogP contribution in [0.15, 0.2) is 42.5 Å². The van der Waals surface area contributed by atoms with E-state index in [9.17, 15) is 10.0 Å². The van der Waals surface area contributed by atoms with Gasteiger partial charge < -0.3 is 10.9 Å². The number of rotatable bonds is 2. The third kappa shape index (κ3) is 2.36. The molecule has 0 unspecified atom stereocenters. The lowest BCUT2D eigenvalue weighted by Crippen LogP contribution is -2.35. The van der Waals surface area contributed by atoms with E-state index in [1.165, 1.54) is 6.07 Å². The van der Waals surface area contributed by atoms with Gasteiger partial charge in [-0.15, -0.1) is 0 Å². The quantitative estimate of drug-likeness (QED) is 0.575. The molecule has 1 amide bonds. The average molecular weight is 301 g/mol. The standard InChI is InChI=1S/C14H9ClN4O2/c15-9-6-4-8(5-7-9)14-17-11-3-1-2-10(13(16)20)12(11)19(21)18-14/h1-7H,(H2,16,20). The third-order valence-electron chi connectivity index (χ3n) is 2.99. The Kier molecular flexibility index (Phi) is 3.15. The zero-order chi connectivity index (χ0) is 15.0. The minimum atomic E-state index is -0.701. The highest BCUT2D eigenvalue weighted by Gasteiger charge is 2.19. The Morgan fingerprint density at radius 3 is 2.57 bits per heavy atom. The van der Waals surface area contributed by atoms with Gasteiger partial charge in [-0.25, -0.2) is 4.98 Å². The van der Waals surface area contributed by atoms with Gasteiger partial charge in [-0.1, -0.05) is 17.7 Å². The Balaban J connectivity index is 2.25. The summed E-state index contributed by atoms with van der Waals surface area (Å²) in [6, 6.07) is 11.5. The molecule has 7 heteroatoms. The molecule has 0 spiro atoms. The van der Waals surface area contributed by atoms with Gasteiger partial charge in [0, 0.05) is 15.7 Å². The predicted molar refractivity (Wildman–Crippen MR) is 77.5 cm³/mol. The number of carbonyl (C=O) groups excluding carboxylic acids is 1. The molecule has 3 aromatic rings. The van der Waals surface area contributed by atoms with Crippen LogP contribution in [0.2, 0.25) is 5.02 Å². The molecular weight excluding hydrogens is 292 g/mol. The van der Waals surface area contributed by atoms with Gasteiger partial charge in [-0.3, -0.25) is 4.79 Å². The van der Waals surface area contributed by atoms with E-state index in [0.717, 1.165) is 0 Å². The maximum atomic E-state index is 12.1. The minimum absolute atomic E-state index is 0.0581. The van der Waals surface area contributed by atoms with Gasteiger partial charge in [0.15, 0.2) is 0 Å². The lowest BCUT2D eigenvalue weighted by atomic mass is 10.1. The summed E-state index contributed by atoms with van der Waals surface area (Å²) < 4.78 is 0. The highest BCUT2D eigenvalue weighted by Crippen LogP contribution is 2.20. The van der Waals surface area contributed by atoms with Gasteiger partial charge >= 0.3 is 0 Å². The van der Waals surface area contributed by atoms with Crippen molar-refractivity contribution >= 4 is 28.5 Å². The Morgan fingerprint density at radius 1 is 1.19 bits per heavy atom. The second-order valence-corrected chi connectivity index (χ2v) is 4.79. The van der Waals surface area contributed by atoms with Gasteiger partial charge in [0.25, 0.3) is 11.4 Å². The number of primary amides is 1. The molecule has 0 bridgehead atoms. The SMILES string of the molecule is NC(=O)c1cccc2nc(-c3ccc(Cl)cc3)n[n+]([O-])c12. The van der Waals surface area contributed by atoms with E-state index in [-0.39, 0.29) is 16.9 Å². The Morgan fingerprint density at radius 2 is 1.90 bits per heavy atom. The molecule has 0 radical (unpaired) electrons. The second-order valence-electron chi connectivity index (χ2n) is 4.35. The summed E-state index contributed by atoms with van der Waals surface area (Å²) in [6.07, 6.45) is 0. The zero-order valence-electron chi connectivity index (χ0n) is 10.7. The number of aromatic nitrogens is 3. The molecule has 1 heterocycles. The minimum Gasteiger partial charge on any atom is -0.594 e. The lowest BCUT2D eigenvalue weighted by molar-refractivity contribution is -0.642. The van der Waals surface area contributed by atoms with E-state index in [1.807, 2.05) is 0 Å². The number of hydrogen-bond acceptors (Lipinski definition) is 4. The van der Waals surface area contributed by atoms with Crippen molar-refractivity contribution in [2.24, 2.45) is 5.73 Å². The number of benzene rings is 2. The molecule has 2 N–H and O–H groups in total. The van der Waals surface area contributed by atoms with Gasteiger partial charge in [0.2, 0.25) is 5.82 Å². The van der Waals surface area contributed by atoms with Crippen LogP contribution < -0.4 is 10.6 Å². The van der Waals surface area contributed by atoms with Crippen LogP contribution in [0.5, 0.6) is 0 Å². The second kappa shape index (κ2) is 4.99. The molecule has 0 aliphatic rings. The van der Waals surface area contributed by atoms with E-state index in [0.29, 0.717) is 20.9 Å². The normalized spacial score (nSPS) is 10.7. The van der Waals surface area contributed by atoms with E-state index in [4.69, 9.17) is 17.3 Å². The lowest BCUT2D eigenvalue weighted by Gasteiger charge is -2.05. The molecule has 0 saturated carbocycles. The Bertz CT molecular complexity index is 849. The molecule has 1 aromatic heterocycles. The molecule has 21 heavy (non-hydrogen) atoms. The van der Waals surface area contributed by atoms with Crippen molar-refractivity contribution < 1.29 is 9.64 Å². The van der Waals surface area contributed by atoms with Gasteiger partial charge in [0.05, 0.1) is 0 Å². The zero-order valence-corrected chi connectivity index (χ0v) is 11.4. The number of carbonyl (C=O) groups is 1. The van der Waals surface area contributed by atoms with Crippen LogP contribution in [0.3, 0.4) is 0 Å². The Hall–Kier alpha value is -2.73. The first-order valence-electron chi connectivity index (χ1n) is 6.02. The van der Waals surface area contributed by atoms with Crippen LogP contribution in [-0.4, -0.2) is 16.0 Å². The first-order chi connectivity index (χ1) is 10.1. The summed E-state index contributed by atoms with van der Waals surface area (Å²) in [5, 5.41) is 16.5. The van der Waals surface area contributed by atoms with Crippen LogP contribution in [0.4, 0.5) is 0 Å². The monoisotopic (exact) mass is 300 g/mol. The molecule has 2 aromatic carbocycles. The summed E-state index contributed by atoms with van der Waals surface area (Å²) in [7, 11) is 0. The number of halogens is 1. The topological polar surface area (TPSA) is 95.8 Å². The number of para-hydroxylation sites is 1. The average Bonchev–Trinajstić information content (AvgIpc) is 2.47. The van der Waals surface area contributed by atoms with Crippen LogP contribution in [0.1, 0.15) is 10.4 Å². The molecule has 0 aliphatic carbocycles. The summed E-state index contributed by atoms with van der Waals surface area (Å²) in [5.74, 6) is -0.455. The van der Waals surface area contributed by atoms with Crippen molar-refractivity contribution in [3.8, 4) is 11.4 Å². The van der Waals surface area contributed by atoms with E-state index >= 15 is 0 Å². The van der Waals surface area contributed by atoms with Crippen molar-refractivity contribution in [2.45, 2.75) is 0 Å². The predicted octanol–water partition coefficient (Wildman–Crippen LogP) is 1.68. The first-order valence-corrected chi connectivity index (χ1v) is 6.40. The third-order valence-corrected chi connectivity index (χ3v) is 3.24. The van der Waals surface area contributed by atoms with Crippen molar-refractivity contribution in [3.63, 3.8) is 0 Å². The van der Waals surface area contributed by atoms with Crippen LogP contribution in [0, 0.1) is 5.21 Å². The Labute approximate surface area is 124 Å². The van der Waals surface area contributed by atoms with Crippen molar-refractivity contribution in [1.29, 1.82) is 0 Å². The van der Waals surface area contributed by atoms with Crippen LogP contribution >= 0.6 is 11.6 Å². The number of nitrogens with two attached hydrogens (primary N) is 1. The first kappa shape index (κ1) is 13.3. The number of hydrogen-bond donors (Lipinski definition) is 1. The molecular formula is C14H9ClN4O2. The number of amides is 1. The fourth-order valence-corrected chi connectivity index (χ4v) is 2.14. The molecule has 3 rings (SSSR count). The molecule has 0 fully saturated rings.